The van der Waals surface area contributed by atoms with Crippen LogP contribution in [0.5, 0.6) is 11.5 Å². The summed E-state index contributed by atoms with van der Waals surface area (Å²) in [4.78, 5) is 0. The van der Waals surface area contributed by atoms with Gasteiger partial charge in [0.2, 0.25) is 0 Å². The number of phenolic OH excluding ortho intramolecular Hbond substituents is 2. The van der Waals surface area contributed by atoms with E-state index in [1.54, 1.807) is 19.1 Å². The van der Waals surface area contributed by atoms with E-state index in [1.165, 1.54) is 5.57 Å². The molecule has 1 aromatic rings. The number of aliphatic hydroxyl groups is 4. The maximum Gasteiger partial charge on any atom is 0.186 e. The van der Waals surface area contributed by atoms with Crippen molar-refractivity contribution in [2.75, 3.05) is 6.61 Å². The Morgan fingerprint density at radius 3 is 2.40 bits per heavy atom. The van der Waals surface area contributed by atoms with Gasteiger partial charge in [0.1, 0.15) is 35.9 Å². The van der Waals surface area contributed by atoms with Gasteiger partial charge in [-0.15, -0.1) is 0 Å². The van der Waals surface area contributed by atoms with Crippen LogP contribution in [0.2, 0.25) is 0 Å². The number of benzene rings is 1. The van der Waals surface area contributed by atoms with Crippen LogP contribution in [0.3, 0.4) is 0 Å². The molecule has 1 aliphatic carbocycles. The van der Waals surface area contributed by atoms with E-state index in [2.05, 4.69) is 19.6 Å². The van der Waals surface area contributed by atoms with Gasteiger partial charge in [-0.05, 0) is 76.5 Å². The zero-order chi connectivity index (χ0) is 25.9. The van der Waals surface area contributed by atoms with Gasteiger partial charge in [-0.3, -0.25) is 0 Å². The minimum absolute atomic E-state index is 0.0767. The lowest BCUT2D eigenvalue weighted by Crippen LogP contribution is -2.59. The van der Waals surface area contributed by atoms with E-state index < -0.39 is 37.3 Å². The van der Waals surface area contributed by atoms with Gasteiger partial charge in [-0.2, -0.15) is 0 Å². The summed E-state index contributed by atoms with van der Waals surface area (Å²) in [7, 11) is 0. The summed E-state index contributed by atoms with van der Waals surface area (Å²) in [5, 5.41) is 60.8. The molecule has 1 aromatic carbocycles. The van der Waals surface area contributed by atoms with Crippen LogP contribution in [0.25, 0.3) is 0 Å². The van der Waals surface area contributed by atoms with Gasteiger partial charge in [0.25, 0.3) is 0 Å². The molecular weight excluding hydrogens is 452 g/mol. The number of aryl methyl sites for hydroxylation is 1. The van der Waals surface area contributed by atoms with Gasteiger partial charge >= 0.3 is 0 Å². The van der Waals surface area contributed by atoms with Crippen molar-refractivity contribution >= 4 is 0 Å². The average Bonchev–Trinajstić information content (AvgIpc) is 2.79. The molecule has 35 heavy (non-hydrogen) atoms. The Balaban J connectivity index is 1.60. The maximum atomic E-state index is 10.8. The quantitative estimate of drug-likeness (QED) is 0.289. The number of phenols is 2. The minimum atomic E-state index is -1.48. The lowest BCUT2D eigenvalue weighted by Gasteiger charge is -2.40. The largest absolute Gasteiger partial charge is 0.507 e. The molecule has 1 heterocycles. The molecule has 8 atom stereocenters. The second kappa shape index (κ2) is 11.9. The molecule has 2 aliphatic rings. The maximum absolute atomic E-state index is 10.8. The number of allylic oxidation sites excluding steroid dienone is 3. The molecule has 3 unspecified atom stereocenters. The molecule has 0 saturated carbocycles. The van der Waals surface area contributed by atoms with Crippen molar-refractivity contribution in [3.63, 3.8) is 0 Å². The summed E-state index contributed by atoms with van der Waals surface area (Å²) in [6.07, 6.45) is -0.962. The van der Waals surface area contributed by atoms with Gasteiger partial charge < -0.3 is 40.1 Å². The van der Waals surface area contributed by atoms with Gasteiger partial charge in [-0.1, -0.05) is 23.8 Å². The lowest BCUT2D eigenvalue weighted by atomic mass is 9.73. The van der Waals surface area contributed by atoms with Crippen LogP contribution in [0.4, 0.5) is 0 Å². The molecule has 0 aromatic heterocycles. The first kappa shape index (κ1) is 27.6. The predicted octanol–water partition coefficient (Wildman–Crippen LogP) is 2.64. The van der Waals surface area contributed by atoms with Gasteiger partial charge in [0, 0.05) is 11.5 Å². The molecule has 8 nitrogen and oxygen atoms in total. The molecule has 1 fully saturated rings. The molecule has 3 rings (SSSR count). The lowest BCUT2D eigenvalue weighted by molar-refractivity contribution is -0.310. The standard InChI is InChI=1S/C27H40O8/c1-14(2)18-9-8-15(3)10-19(18)23-20(29)11-17(12-21(23)30)7-5-6-16(4)34-27-26(33)25(32)24(31)22(13-28)35-27/h10-12,16,18-19,22,24-33H,1,5-9,13H2,2-4H3/t16?,18?,19?,22-,24-,25+,26-,27-/m1/s1. The summed E-state index contributed by atoms with van der Waals surface area (Å²) >= 11 is 0. The number of aliphatic hydroxyl groups excluding tert-OH is 4. The van der Waals surface area contributed by atoms with E-state index >= 15 is 0 Å². The number of ether oxygens (including phenoxy) is 2. The third kappa shape index (κ3) is 6.44. The van der Waals surface area contributed by atoms with Crippen LogP contribution >= 0.6 is 0 Å². The molecular formula is C27H40O8. The molecule has 6 N–H and O–H groups in total. The summed E-state index contributed by atoms with van der Waals surface area (Å²) < 4.78 is 11.1. The van der Waals surface area contributed by atoms with E-state index in [9.17, 15) is 30.6 Å². The third-order valence-electron chi connectivity index (χ3n) is 7.20. The molecule has 1 aliphatic heterocycles. The second-order valence-corrected chi connectivity index (χ2v) is 10.1. The normalized spacial score (nSPS) is 32.2. The highest BCUT2D eigenvalue weighted by Crippen LogP contribution is 2.46. The second-order valence-electron chi connectivity index (χ2n) is 10.1. The van der Waals surface area contributed by atoms with Crippen molar-refractivity contribution in [3.8, 4) is 11.5 Å². The molecule has 0 amide bonds. The Morgan fingerprint density at radius 2 is 1.80 bits per heavy atom. The zero-order valence-electron chi connectivity index (χ0n) is 20.8. The highest BCUT2D eigenvalue weighted by molar-refractivity contribution is 5.51. The van der Waals surface area contributed by atoms with E-state index in [-0.39, 0.29) is 29.4 Å². The number of hydrogen-bond acceptors (Lipinski definition) is 8. The first-order chi connectivity index (χ1) is 16.5. The monoisotopic (exact) mass is 492 g/mol. The fourth-order valence-corrected chi connectivity index (χ4v) is 5.14. The molecule has 0 bridgehead atoms. The van der Waals surface area contributed by atoms with Gasteiger partial charge in [-0.25, -0.2) is 0 Å². The average molecular weight is 493 g/mol. The third-order valence-corrected chi connectivity index (χ3v) is 7.20. The van der Waals surface area contributed by atoms with Crippen molar-refractivity contribution in [1.82, 2.24) is 0 Å². The van der Waals surface area contributed by atoms with E-state index in [4.69, 9.17) is 9.47 Å². The van der Waals surface area contributed by atoms with Crippen LogP contribution in [-0.2, 0) is 15.9 Å². The highest BCUT2D eigenvalue weighted by Gasteiger charge is 2.44. The van der Waals surface area contributed by atoms with Crippen LogP contribution < -0.4 is 0 Å². The van der Waals surface area contributed by atoms with Crippen molar-refractivity contribution < 1.29 is 40.1 Å². The Kier molecular flexibility index (Phi) is 9.37. The van der Waals surface area contributed by atoms with Crippen LogP contribution in [0.15, 0.2) is 35.9 Å². The van der Waals surface area contributed by atoms with Crippen molar-refractivity contribution in [1.29, 1.82) is 0 Å². The fraction of sp³-hybridized carbons (Fsp3) is 0.630. The minimum Gasteiger partial charge on any atom is -0.507 e. The first-order valence-electron chi connectivity index (χ1n) is 12.4. The van der Waals surface area contributed by atoms with Crippen LogP contribution in [0, 0.1) is 5.92 Å². The van der Waals surface area contributed by atoms with Crippen LogP contribution in [-0.4, -0.2) is 74.1 Å². The predicted molar refractivity (Wildman–Crippen MR) is 131 cm³/mol. The number of aromatic hydroxyl groups is 2. The Hall–Kier alpha value is -1.94. The molecule has 8 heteroatoms. The van der Waals surface area contributed by atoms with Crippen molar-refractivity contribution in [3.05, 3.63) is 47.1 Å². The van der Waals surface area contributed by atoms with Crippen LogP contribution in [0.1, 0.15) is 63.5 Å². The first-order valence-corrected chi connectivity index (χ1v) is 12.4. The summed E-state index contributed by atoms with van der Waals surface area (Å²) in [6.45, 7) is 9.46. The molecule has 1 saturated heterocycles. The Bertz CT molecular complexity index is 887. The fourth-order valence-electron chi connectivity index (χ4n) is 5.14. The Morgan fingerprint density at radius 1 is 1.14 bits per heavy atom. The number of hydrogen-bond donors (Lipinski definition) is 6. The highest BCUT2D eigenvalue weighted by atomic mass is 16.7. The number of rotatable bonds is 9. The topological polar surface area (TPSA) is 140 Å². The smallest absolute Gasteiger partial charge is 0.186 e. The molecule has 0 radical (unpaired) electrons. The van der Waals surface area contributed by atoms with E-state index in [0.717, 1.165) is 24.0 Å². The summed E-state index contributed by atoms with van der Waals surface area (Å²) in [5.74, 6) is 0.213. The van der Waals surface area contributed by atoms with Gasteiger partial charge in [0.15, 0.2) is 6.29 Å². The van der Waals surface area contributed by atoms with Crippen molar-refractivity contribution in [2.24, 2.45) is 5.92 Å². The summed E-state index contributed by atoms with van der Waals surface area (Å²) in [5.41, 5.74) is 3.62. The Labute approximate surface area is 207 Å². The molecule has 196 valence electrons. The van der Waals surface area contributed by atoms with E-state index in [1.807, 2.05) is 6.92 Å². The van der Waals surface area contributed by atoms with E-state index in [0.29, 0.717) is 24.8 Å². The molecule has 0 spiro atoms. The van der Waals surface area contributed by atoms with Crippen molar-refractivity contribution in [2.45, 2.75) is 95.6 Å². The zero-order valence-corrected chi connectivity index (χ0v) is 20.8. The SMILES string of the molecule is C=C(C)C1CCC(C)=CC1c1c(O)cc(CCCC(C)O[C@@H]2O[C@H](CO)[C@@H](O)[C@H](O)[C@H]2O)cc1O. The van der Waals surface area contributed by atoms with Gasteiger partial charge in [0.05, 0.1) is 12.7 Å². The summed E-state index contributed by atoms with van der Waals surface area (Å²) in [6, 6.07) is 3.40.